The molecule has 1 aromatic rings. The first-order chi connectivity index (χ1) is 8.97. The van der Waals surface area contributed by atoms with Crippen molar-refractivity contribution in [2.24, 2.45) is 0 Å². The lowest BCUT2D eigenvalue weighted by Gasteiger charge is -2.17. The summed E-state index contributed by atoms with van der Waals surface area (Å²) in [6.45, 7) is 3.27. The summed E-state index contributed by atoms with van der Waals surface area (Å²) in [7, 11) is 1.57. The normalized spacial score (nSPS) is 13.5. The molecule has 0 spiro atoms. The Bertz CT molecular complexity index is 382. The standard InChI is InChI=1S/C13H19F3N2O/c1-3-7-17-11(9-19-2)8-10-5-4-6-12(18-10)13(14,15)16/h4-6,11,17H,3,7-9H2,1-2H3. The van der Waals surface area contributed by atoms with E-state index in [9.17, 15) is 13.2 Å². The van der Waals surface area contributed by atoms with Crippen LogP contribution in [0.15, 0.2) is 18.2 Å². The highest BCUT2D eigenvalue weighted by Gasteiger charge is 2.32. The van der Waals surface area contributed by atoms with Gasteiger partial charge < -0.3 is 10.1 Å². The van der Waals surface area contributed by atoms with Crippen LogP contribution in [0.5, 0.6) is 0 Å². The average Bonchev–Trinajstić information content (AvgIpc) is 2.35. The molecule has 0 amide bonds. The Hall–Kier alpha value is -1.14. The van der Waals surface area contributed by atoms with E-state index >= 15 is 0 Å². The molecule has 0 aliphatic rings. The monoisotopic (exact) mass is 276 g/mol. The number of nitrogens with zero attached hydrogens (tertiary/aromatic N) is 1. The first-order valence-electron chi connectivity index (χ1n) is 6.22. The second kappa shape index (κ2) is 7.45. The van der Waals surface area contributed by atoms with Gasteiger partial charge in [-0.2, -0.15) is 13.2 Å². The van der Waals surface area contributed by atoms with E-state index in [1.807, 2.05) is 6.92 Å². The fraction of sp³-hybridized carbons (Fsp3) is 0.615. The van der Waals surface area contributed by atoms with Gasteiger partial charge in [-0.15, -0.1) is 0 Å². The lowest BCUT2D eigenvalue weighted by atomic mass is 10.1. The van der Waals surface area contributed by atoms with Gasteiger partial charge in [-0.25, -0.2) is 4.98 Å². The van der Waals surface area contributed by atoms with Crippen molar-refractivity contribution in [2.45, 2.75) is 32.0 Å². The van der Waals surface area contributed by atoms with Gasteiger partial charge >= 0.3 is 6.18 Å². The first-order valence-corrected chi connectivity index (χ1v) is 6.22. The Morgan fingerprint density at radius 2 is 2.11 bits per heavy atom. The number of aromatic nitrogens is 1. The molecule has 0 aliphatic heterocycles. The molecule has 19 heavy (non-hydrogen) atoms. The molecule has 3 nitrogen and oxygen atoms in total. The van der Waals surface area contributed by atoms with Gasteiger partial charge in [-0.3, -0.25) is 0 Å². The lowest BCUT2D eigenvalue weighted by Crippen LogP contribution is -2.36. The molecule has 6 heteroatoms. The predicted molar refractivity (Wildman–Crippen MR) is 66.9 cm³/mol. The van der Waals surface area contributed by atoms with Crippen molar-refractivity contribution < 1.29 is 17.9 Å². The summed E-state index contributed by atoms with van der Waals surface area (Å²) in [6.07, 6.45) is -3.03. The van der Waals surface area contributed by atoms with E-state index in [2.05, 4.69) is 10.3 Å². The highest BCUT2D eigenvalue weighted by Crippen LogP contribution is 2.27. The maximum Gasteiger partial charge on any atom is 0.433 e. The molecule has 0 radical (unpaired) electrons. The molecule has 0 aromatic carbocycles. The van der Waals surface area contributed by atoms with E-state index in [1.165, 1.54) is 6.07 Å². The molecule has 1 unspecified atom stereocenters. The maximum absolute atomic E-state index is 12.6. The fourth-order valence-electron chi connectivity index (χ4n) is 1.74. The Balaban J connectivity index is 2.73. The third-order valence-corrected chi connectivity index (χ3v) is 2.60. The summed E-state index contributed by atoms with van der Waals surface area (Å²) in [5.41, 5.74) is -0.433. The van der Waals surface area contributed by atoms with Crippen molar-refractivity contribution in [3.63, 3.8) is 0 Å². The first kappa shape index (κ1) is 15.9. The summed E-state index contributed by atoms with van der Waals surface area (Å²) in [5, 5.41) is 3.23. The van der Waals surface area contributed by atoms with Crippen LogP contribution in [0.25, 0.3) is 0 Å². The third-order valence-electron chi connectivity index (χ3n) is 2.60. The summed E-state index contributed by atoms with van der Waals surface area (Å²) < 4.78 is 42.7. The van der Waals surface area contributed by atoms with E-state index in [0.717, 1.165) is 19.0 Å². The van der Waals surface area contributed by atoms with Gasteiger partial charge in [0.1, 0.15) is 5.69 Å². The minimum absolute atomic E-state index is 0.0269. The minimum Gasteiger partial charge on any atom is -0.383 e. The number of hydrogen-bond acceptors (Lipinski definition) is 3. The van der Waals surface area contributed by atoms with Crippen molar-refractivity contribution in [3.8, 4) is 0 Å². The van der Waals surface area contributed by atoms with Crippen LogP contribution in [0.3, 0.4) is 0 Å². The van der Waals surface area contributed by atoms with Gasteiger partial charge in [0.05, 0.1) is 6.61 Å². The van der Waals surface area contributed by atoms with Gasteiger partial charge in [0.25, 0.3) is 0 Å². The van der Waals surface area contributed by atoms with Gasteiger partial charge in [0.2, 0.25) is 0 Å². The summed E-state index contributed by atoms with van der Waals surface area (Å²) in [5.74, 6) is 0. The molecule has 1 heterocycles. The van der Waals surface area contributed by atoms with Crippen LogP contribution >= 0.6 is 0 Å². The predicted octanol–water partition coefficient (Wildman–Crippen LogP) is 2.66. The summed E-state index contributed by atoms with van der Waals surface area (Å²) >= 11 is 0. The Labute approximate surface area is 111 Å². The second-order valence-electron chi connectivity index (χ2n) is 4.32. The fourth-order valence-corrected chi connectivity index (χ4v) is 1.74. The largest absolute Gasteiger partial charge is 0.433 e. The maximum atomic E-state index is 12.6. The molecule has 0 saturated carbocycles. The molecule has 0 bridgehead atoms. The van der Waals surface area contributed by atoms with Crippen LogP contribution in [0, 0.1) is 0 Å². The highest BCUT2D eigenvalue weighted by molar-refractivity contribution is 5.14. The molecule has 1 rings (SSSR count). The van der Waals surface area contributed by atoms with Gasteiger partial charge in [0.15, 0.2) is 0 Å². The van der Waals surface area contributed by atoms with Crippen molar-refractivity contribution >= 4 is 0 Å². The van der Waals surface area contributed by atoms with E-state index in [4.69, 9.17) is 4.74 Å². The van der Waals surface area contributed by atoms with E-state index in [1.54, 1.807) is 13.2 Å². The van der Waals surface area contributed by atoms with Crippen molar-refractivity contribution in [3.05, 3.63) is 29.6 Å². The molecule has 1 aromatic heterocycles. The van der Waals surface area contributed by atoms with E-state index in [-0.39, 0.29) is 6.04 Å². The van der Waals surface area contributed by atoms with Crippen LogP contribution in [0.2, 0.25) is 0 Å². The zero-order valence-corrected chi connectivity index (χ0v) is 11.1. The zero-order valence-electron chi connectivity index (χ0n) is 11.1. The molecule has 1 atom stereocenters. The SMILES string of the molecule is CCCNC(COC)Cc1cccc(C(F)(F)F)n1. The number of rotatable bonds is 7. The number of ether oxygens (including phenoxy) is 1. The second-order valence-corrected chi connectivity index (χ2v) is 4.32. The molecule has 0 aliphatic carbocycles. The molecular weight excluding hydrogens is 257 g/mol. The van der Waals surface area contributed by atoms with Crippen molar-refractivity contribution in [2.75, 3.05) is 20.3 Å². The van der Waals surface area contributed by atoms with Gasteiger partial charge in [0, 0.05) is 25.3 Å². The molecule has 1 N–H and O–H groups in total. The average molecular weight is 276 g/mol. The molecule has 108 valence electrons. The third kappa shape index (κ3) is 5.57. The summed E-state index contributed by atoms with van der Waals surface area (Å²) in [4.78, 5) is 3.65. The number of hydrogen-bond donors (Lipinski definition) is 1. The van der Waals surface area contributed by atoms with Crippen molar-refractivity contribution in [1.29, 1.82) is 0 Å². The van der Waals surface area contributed by atoms with Gasteiger partial charge in [-0.05, 0) is 25.1 Å². The van der Waals surface area contributed by atoms with E-state index < -0.39 is 11.9 Å². The number of methoxy groups -OCH3 is 1. The number of halogens is 3. The van der Waals surface area contributed by atoms with Crippen LogP contribution in [-0.2, 0) is 17.3 Å². The quantitative estimate of drug-likeness (QED) is 0.831. The molecule has 0 saturated heterocycles. The number of pyridine rings is 1. The lowest BCUT2D eigenvalue weighted by molar-refractivity contribution is -0.141. The Morgan fingerprint density at radius 1 is 1.37 bits per heavy atom. The minimum atomic E-state index is -4.40. The van der Waals surface area contributed by atoms with Crippen LogP contribution in [0.1, 0.15) is 24.7 Å². The van der Waals surface area contributed by atoms with Crippen LogP contribution in [-0.4, -0.2) is 31.3 Å². The van der Waals surface area contributed by atoms with Gasteiger partial charge in [-0.1, -0.05) is 13.0 Å². The van der Waals surface area contributed by atoms with Crippen LogP contribution in [0.4, 0.5) is 13.2 Å². The summed E-state index contributed by atoms with van der Waals surface area (Å²) in [6, 6.07) is 3.94. The van der Waals surface area contributed by atoms with E-state index in [0.29, 0.717) is 18.7 Å². The highest BCUT2D eigenvalue weighted by atomic mass is 19.4. The van der Waals surface area contributed by atoms with Crippen molar-refractivity contribution in [1.82, 2.24) is 10.3 Å². The molecule has 0 fully saturated rings. The topological polar surface area (TPSA) is 34.1 Å². The Morgan fingerprint density at radius 3 is 2.68 bits per heavy atom. The Kier molecular flexibility index (Phi) is 6.24. The number of nitrogens with one attached hydrogen (secondary N) is 1. The van der Waals surface area contributed by atoms with Crippen LogP contribution < -0.4 is 5.32 Å². The zero-order chi connectivity index (χ0) is 14.3. The molecular formula is C13H19F3N2O. The smallest absolute Gasteiger partial charge is 0.383 e. The number of alkyl halides is 3.